The van der Waals surface area contributed by atoms with Crippen LogP contribution in [0.25, 0.3) is 0 Å². The van der Waals surface area contributed by atoms with Crippen molar-refractivity contribution in [3.63, 3.8) is 0 Å². The summed E-state index contributed by atoms with van der Waals surface area (Å²) in [6.07, 6.45) is 4.00. The van der Waals surface area contributed by atoms with Gasteiger partial charge >= 0.3 is 0 Å². The maximum absolute atomic E-state index is 5.52. The van der Waals surface area contributed by atoms with Gasteiger partial charge in [-0.05, 0) is 50.4 Å². The van der Waals surface area contributed by atoms with E-state index in [1.165, 1.54) is 30.4 Å². The van der Waals surface area contributed by atoms with Gasteiger partial charge in [-0.2, -0.15) is 0 Å². The molecule has 0 radical (unpaired) electrons. The monoisotopic (exact) mass is 297 g/mol. The molecule has 1 fully saturated rings. The van der Waals surface area contributed by atoms with Crippen molar-refractivity contribution < 1.29 is 4.74 Å². The lowest BCUT2D eigenvalue weighted by Crippen LogP contribution is -2.30. The summed E-state index contributed by atoms with van der Waals surface area (Å²) in [4.78, 5) is 0. The first-order valence-corrected chi connectivity index (χ1v) is 6.98. The topological polar surface area (TPSA) is 21.3 Å². The molecule has 0 heterocycles. The minimum absolute atomic E-state index is 0.413. The molecule has 17 heavy (non-hydrogen) atoms. The van der Waals surface area contributed by atoms with Crippen molar-refractivity contribution >= 4 is 15.9 Å². The summed E-state index contributed by atoms with van der Waals surface area (Å²) in [7, 11) is 3.79. The summed E-state index contributed by atoms with van der Waals surface area (Å²) in [6.45, 7) is 2.09. The van der Waals surface area contributed by atoms with Crippen molar-refractivity contribution in [2.45, 2.75) is 32.2 Å². The van der Waals surface area contributed by atoms with Crippen LogP contribution in [0.1, 0.15) is 36.4 Å². The third kappa shape index (κ3) is 2.50. The van der Waals surface area contributed by atoms with Gasteiger partial charge < -0.3 is 10.1 Å². The van der Waals surface area contributed by atoms with E-state index in [-0.39, 0.29) is 0 Å². The molecule has 1 N–H and O–H groups in total. The highest BCUT2D eigenvalue weighted by molar-refractivity contribution is 9.10. The van der Waals surface area contributed by atoms with Gasteiger partial charge in [0.25, 0.3) is 0 Å². The largest absolute Gasteiger partial charge is 0.496 e. The summed E-state index contributed by atoms with van der Waals surface area (Å²) in [5.41, 5.74) is 2.49. The van der Waals surface area contributed by atoms with Gasteiger partial charge in [0, 0.05) is 16.1 Å². The molecule has 1 aliphatic carbocycles. The Morgan fingerprint density at radius 1 is 1.41 bits per heavy atom. The van der Waals surface area contributed by atoms with Crippen LogP contribution in [-0.2, 0) is 0 Å². The predicted molar refractivity (Wildman–Crippen MR) is 74.6 cm³/mol. The molecule has 1 unspecified atom stereocenters. The van der Waals surface area contributed by atoms with Crippen LogP contribution >= 0.6 is 15.9 Å². The Kier molecular flexibility index (Phi) is 4.10. The molecule has 1 saturated carbocycles. The zero-order valence-corrected chi connectivity index (χ0v) is 12.3. The Morgan fingerprint density at radius 2 is 2.12 bits per heavy atom. The molecule has 0 aromatic heterocycles. The fraction of sp³-hybridized carbons (Fsp3) is 0.571. The van der Waals surface area contributed by atoms with Crippen LogP contribution < -0.4 is 10.1 Å². The lowest BCUT2D eigenvalue weighted by atomic mass is 9.77. The van der Waals surface area contributed by atoms with Crippen molar-refractivity contribution in [3.05, 3.63) is 27.7 Å². The van der Waals surface area contributed by atoms with E-state index in [0.717, 1.165) is 16.1 Å². The zero-order chi connectivity index (χ0) is 12.4. The molecule has 1 aromatic rings. The minimum atomic E-state index is 0.413. The van der Waals surface area contributed by atoms with Gasteiger partial charge in [-0.15, -0.1) is 0 Å². The average molecular weight is 298 g/mol. The Morgan fingerprint density at radius 3 is 2.59 bits per heavy atom. The van der Waals surface area contributed by atoms with Gasteiger partial charge in [0.1, 0.15) is 5.75 Å². The Labute approximate surface area is 112 Å². The summed E-state index contributed by atoms with van der Waals surface area (Å²) < 4.78 is 6.68. The molecule has 1 atom stereocenters. The Hall–Kier alpha value is -0.540. The van der Waals surface area contributed by atoms with Crippen LogP contribution in [-0.4, -0.2) is 14.2 Å². The minimum Gasteiger partial charge on any atom is -0.496 e. The number of halogens is 1. The van der Waals surface area contributed by atoms with Crippen LogP contribution in [0.3, 0.4) is 0 Å². The third-order valence-electron chi connectivity index (χ3n) is 3.78. The number of nitrogens with one attached hydrogen (secondary N) is 1. The molecular weight excluding hydrogens is 278 g/mol. The highest BCUT2D eigenvalue weighted by Gasteiger charge is 2.29. The van der Waals surface area contributed by atoms with Crippen molar-refractivity contribution in [3.8, 4) is 5.75 Å². The standard InChI is InChI=1S/C14H20BrNO/c1-9-7-13(17-3)11(8-12(9)15)14(16-2)10-5-4-6-10/h7-8,10,14,16H,4-6H2,1-3H3. The van der Waals surface area contributed by atoms with Gasteiger partial charge in [-0.25, -0.2) is 0 Å². The summed E-state index contributed by atoms with van der Waals surface area (Å²) in [5.74, 6) is 1.75. The zero-order valence-electron chi connectivity index (χ0n) is 10.7. The molecule has 2 nitrogen and oxygen atoms in total. The molecular formula is C14H20BrNO. The highest BCUT2D eigenvalue weighted by Crippen LogP contribution is 2.41. The smallest absolute Gasteiger partial charge is 0.123 e. The van der Waals surface area contributed by atoms with E-state index >= 15 is 0 Å². The number of hydrogen-bond acceptors (Lipinski definition) is 2. The van der Waals surface area contributed by atoms with Crippen molar-refractivity contribution in [1.29, 1.82) is 0 Å². The van der Waals surface area contributed by atoms with Crippen molar-refractivity contribution in [2.75, 3.05) is 14.2 Å². The molecule has 0 spiro atoms. The second-order valence-electron chi connectivity index (χ2n) is 4.80. The second-order valence-corrected chi connectivity index (χ2v) is 5.66. The van der Waals surface area contributed by atoms with E-state index in [9.17, 15) is 0 Å². The average Bonchev–Trinajstić information content (AvgIpc) is 2.26. The van der Waals surface area contributed by atoms with E-state index < -0.39 is 0 Å². The Balaban J connectivity index is 2.37. The van der Waals surface area contributed by atoms with Crippen molar-refractivity contribution in [2.24, 2.45) is 5.92 Å². The number of methoxy groups -OCH3 is 1. The van der Waals surface area contributed by atoms with Gasteiger partial charge in [0.05, 0.1) is 7.11 Å². The lowest BCUT2D eigenvalue weighted by Gasteiger charge is -2.34. The summed E-state index contributed by atoms with van der Waals surface area (Å²) >= 11 is 3.61. The quantitative estimate of drug-likeness (QED) is 0.912. The first-order valence-electron chi connectivity index (χ1n) is 6.18. The SMILES string of the molecule is CNC(c1cc(Br)c(C)cc1OC)C1CCC1. The van der Waals surface area contributed by atoms with E-state index in [1.54, 1.807) is 7.11 Å². The van der Waals surface area contributed by atoms with Crippen LogP contribution in [0.15, 0.2) is 16.6 Å². The maximum Gasteiger partial charge on any atom is 0.123 e. The molecule has 0 aliphatic heterocycles. The van der Waals surface area contributed by atoms with Gasteiger partial charge in [-0.1, -0.05) is 22.4 Å². The first-order chi connectivity index (χ1) is 8.17. The number of aryl methyl sites for hydroxylation is 1. The van der Waals surface area contributed by atoms with Gasteiger partial charge in [0.2, 0.25) is 0 Å². The van der Waals surface area contributed by atoms with Crippen LogP contribution in [0.4, 0.5) is 0 Å². The molecule has 0 bridgehead atoms. The fourth-order valence-corrected chi connectivity index (χ4v) is 2.87. The molecule has 2 rings (SSSR count). The van der Waals surface area contributed by atoms with Crippen LogP contribution in [0.2, 0.25) is 0 Å². The van der Waals surface area contributed by atoms with Crippen LogP contribution in [0.5, 0.6) is 5.75 Å². The lowest BCUT2D eigenvalue weighted by molar-refractivity contribution is 0.235. The molecule has 0 saturated heterocycles. The van der Waals surface area contributed by atoms with E-state index in [0.29, 0.717) is 6.04 Å². The van der Waals surface area contributed by atoms with E-state index in [1.807, 2.05) is 7.05 Å². The first kappa shape index (κ1) is 12.9. The van der Waals surface area contributed by atoms with E-state index in [2.05, 4.69) is 40.3 Å². The molecule has 3 heteroatoms. The molecule has 0 amide bonds. The summed E-state index contributed by atoms with van der Waals surface area (Å²) in [6, 6.07) is 4.73. The van der Waals surface area contributed by atoms with Crippen LogP contribution in [0, 0.1) is 12.8 Å². The number of rotatable bonds is 4. The summed E-state index contributed by atoms with van der Waals surface area (Å²) in [5, 5.41) is 3.44. The van der Waals surface area contributed by atoms with Gasteiger partial charge in [-0.3, -0.25) is 0 Å². The number of hydrogen-bond donors (Lipinski definition) is 1. The van der Waals surface area contributed by atoms with Gasteiger partial charge in [0.15, 0.2) is 0 Å². The molecule has 1 aliphatic rings. The van der Waals surface area contributed by atoms with E-state index in [4.69, 9.17) is 4.74 Å². The maximum atomic E-state index is 5.52. The fourth-order valence-electron chi connectivity index (χ4n) is 2.51. The normalized spacial score (nSPS) is 17.6. The second kappa shape index (κ2) is 5.40. The molecule has 94 valence electrons. The number of ether oxygens (including phenoxy) is 1. The predicted octanol–water partition coefficient (Wildman–Crippen LogP) is 3.83. The highest BCUT2D eigenvalue weighted by atomic mass is 79.9. The number of benzene rings is 1. The molecule has 1 aromatic carbocycles. The third-order valence-corrected chi connectivity index (χ3v) is 4.63. The Bertz CT molecular complexity index is 401. The van der Waals surface area contributed by atoms with Crippen molar-refractivity contribution in [1.82, 2.24) is 5.32 Å².